The van der Waals surface area contributed by atoms with E-state index in [9.17, 15) is 9.90 Å². The summed E-state index contributed by atoms with van der Waals surface area (Å²) in [5, 5.41) is 9.44. The Morgan fingerprint density at radius 3 is 2.50 bits per heavy atom. The van der Waals surface area contributed by atoms with Gasteiger partial charge in [-0.2, -0.15) is 0 Å². The van der Waals surface area contributed by atoms with Crippen LogP contribution in [0.25, 0.3) is 0 Å². The first kappa shape index (κ1) is 14.5. The van der Waals surface area contributed by atoms with Gasteiger partial charge in [0.25, 0.3) is 0 Å². The van der Waals surface area contributed by atoms with Crippen LogP contribution in [0.5, 0.6) is 5.75 Å². The number of aliphatic hydroxyl groups excluding tert-OH is 1. The standard InChI is InChI=1S/C14H20O4/c1-9(2)18-14(16)8-17-13-6-5-12(11(4)15)7-10(13)3/h5-7,9,11,15H,8H2,1-4H3/t11-/m1/s1. The number of benzene rings is 1. The van der Waals surface area contributed by atoms with Gasteiger partial charge in [0.15, 0.2) is 6.61 Å². The summed E-state index contributed by atoms with van der Waals surface area (Å²) >= 11 is 0. The molecule has 1 rings (SSSR count). The Kier molecular flexibility index (Phi) is 5.16. The summed E-state index contributed by atoms with van der Waals surface area (Å²) < 4.78 is 10.3. The van der Waals surface area contributed by atoms with Gasteiger partial charge < -0.3 is 14.6 Å². The predicted octanol–water partition coefficient (Wildman–Crippen LogP) is 2.38. The average Bonchev–Trinajstić information content (AvgIpc) is 2.26. The van der Waals surface area contributed by atoms with E-state index in [1.165, 1.54) is 0 Å². The van der Waals surface area contributed by atoms with Crippen molar-refractivity contribution in [1.29, 1.82) is 0 Å². The van der Waals surface area contributed by atoms with Crippen molar-refractivity contribution in [2.75, 3.05) is 6.61 Å². The highest BCUT2D eigenvalue weighted by molar-refractivity contribution is 5.71. The van der Waals surface area contributed by atoms with Crippen LogP contribution in [0, 0.1) is 6.92 Å². The Hall–Kier alpha value is -1.55. The van der Waals surface area contributed by atoms with Crippen molar-refractivity contribution in [3.8, 4) is 5.75 Å². The molecule has 0 heterocycles. The highest BCUT2D eigenvalue weighted by atomic mass is 16.6. The van der Waals surface area contributed by atoms with E-state index in [4.69, 9.17) is 9.47 Å². The summed E-state index contributed by atoms with van der Waals surface area (Å²) in [7, 11) is 0. The number of carbonyl (C=O) groups excluding carboxylic acids is 1. The Morgan fingerprint density at radius 2 is 2.00 bits per heavy atom. The predicted molar refractivity (Wildman–Crippen MR) is 68.5 cm³/mol. The molecule has 100 valence electrons. The summed E-state index contributed by atoms with van der Waals surface area (Å²) in [6.45, 7) is 7.05. The third-order valence-corrected chi connectivity index (χ3v) is 2.39. The summed E-state index contributed by atoms with van der Waals surface area (Å²) in [5.41, 5.74) is 1.70. The monoisotopic (exact) mass is 252 g/mol. The zero-order valence-electron chi connectivity index (χ0n) is 11.3. The van der Waals surface area contributed by atoms with E-state index in [-0.39, 0.29) is 18.7 Å². The molecule has 0 saturated carbocycles. The largest absolute Gasteiger partial charge is 0.482 e. The average molecular weight is 252 g/mol. The summed E-state index contributed by atoms with van der Waals surface area (Å²) in [6, 6.07) is 5.37. The number of esters is 1. The van der Waals surface area contributed by atoms with E-state index in [2.05, 4.69) is 0 Å². The topological polar surface area (TPSA) is 55.8 Å². The molecule has 1 N–H and O–H groups in total. The minimum Gasteiger partial charge on any atom is -0.482 e. The van der Waals surface area contributed by atoms with Gasteiger partial charge >= 0.3 is 5.97 Å². The van der Waals surface area contributed by atoms with Crippen molar-refractivity contribution in [3.63, 3.8) is 0 Å². The summed E-state index contributed by atoms with van der Waals surface area (Å²) in [5.74, 6) is 0.240. The van der Waals surface area contributed by atoms with Crippen molar-refractivity contribution in [2.24, 2.45) is 0 Å². The fraction of sp³-hybridized carbons (Fsp3) is 0.500. The molecule has 0 spiro atoms. The fourth-order valence-electron chi connectivity index (χ4n) is 1.53. The highest BCUT2D eigenvalue weighted by Crippen LogP contribution is 2.22. The van der Waals surface area contributed by atoms with E-state index in [0.717, 1.165) is 11.1 Å². The second-order valence-corrected chi connectivity index (χ2v) is 4.53. The lowest BCUT2D eigenvalue weighted by atomic mass is 10.1. The molecule has 0 saturated heterocycles. The Bertz CT molecular complexity index is 410. The summed E-state index contributed by atoms with van der Waals surface area (Å²) in [6.07, 6.45) is -0.650. The van der Waals surface area contributed by atoms with Gasteiger partial charge in [0.2, 0.25) is 0 Å². The molecule has 1 aromatic carbocycles. The number of aryl methyl sites for hydroxylation is 1. The minimum absolute atomic E-state index is 0.104. The number of aliphatic hydroxyl groups is 1. The molecule has 0 aliphatic carbocycles. The third kappa shape index (κ3) is 4.37. The van der Waals surface area contributed by atoms with Gasteiger partial charge in [-0.05, 0) is 51.0 Å². The molecule has 0 aliphatic heterocycles. The molecule has 0 unspecified atom stereocenters. The number of ether oxygens (including phenoxy) is 2. The Labute approximate surface area is 108 Å². The molecule has 0 amide bonds. The fourth-order valence-corrected chi connectivity index (χ4v) is 1.53. The van der Waals surface area contributed by atoms with Crippen LogP contribution in [-0.4, -0.2) is 23.8 Å². The lowest BCUT2D eigenvalue weighted by molar-refractivity contribution is -0.149. The van der Waals surface area contributed by atoms with Gasteiger partial charge in [-0.1, -0.05) is 6.07 Å². The zero-order chi connectivity index (χ0) is 13.7. The van der Waals surface area contributed by atoms with Gasteiger partial charge in [0.1, 0.15) is 5.75 Å². The minimum atomic E-state index is -0.511. The van der Waals surface area contributed by atoms with Crippen molar-refractivity contribution < 1.29 is 19.4 Å². The van der Waals surface area contributed by atoms with Crippen LogP contribution in [0.4, 0.5) is 0 Å². The second kappa shape index (κ2) is 6.40. The maximum absolute atomic E-state index is 11.3. The molecule has 4 nitrogen and oxygen atoms in total. The van der Waals surface area contributed by atoms with Crippen molar-refractivity contribution in [2.45, 2.75) is 39.9 Å². The van der Waals surface area contributed by atoms with Crippen LogP contribution >= 0.6 is 0 Å². The van der Waals surface area contributed by atoms with E-state index < -0.39 is 6.10 Å². The number of hydrogen-bond donors (Lipinski definition) is 1. The van der Waals surface area contributed by atoms with Gasteiger partial charge in [-0.15, -0.1) is 0 Å². The van der Waals surface area contributed by atoms with E-state index >= 15 is 0 Å². The Morgan fingerprint density at radius 1 is 1.33 bits per heavy atom. The Balaban J connectivity index is 2.60. The van der Waals surface area contributed by atoms with Crippen LogP contribution < -0.4 is 4.74 Å². The molecule has 0 bridgehead atoms. The maximum atomic E-state index is 11.3. The molecule has 1 atom stereocenters. The summed E-state index contributed by atoms with van der Waals surface area (Å²) in [4.78, 5) is 11.3. The normalized spacial score (nSPS) is 12.3. The lowest BCUT2D eigenvalue weighted by Crippen LogP contribution is -2.19. The SMILES string of the molecule is Cc1cc([C@@H](C)O)ccc1OCC(=O)OC(C)C. The van der Waals surface area contributed by atoms with Crippen LogP contribution in [0.1, 0.15) is 38.0 Å². The smallest absolute Gasteiger partial charge is 0.344 e. The molecule has 0 aromatic heterocycles. The molecular weight excluding hydrogens is 232 g/mol. The van der Waals surface area contributed by atoms with Crippen molar-refractivity contribution >= 4 is 5.97 Å². The molecular formula is C14H20O4. The molecule has 0 aliphatic rings. The quantitative estimate of drug-likeness (QED) is 0.817. The van der Waals surface area contributed by atoms with E-state index in [1.807, 2.05) is 13.0 Å². The highest BCUT2D eigenvalue weighted by Gasteiger charge is 2.09. The lowest BCUT2D eigenvalue weighted by Gasteiger charge is -2.12. The van der Waals surface area contributed by atoms with Gasteiger partial charge in [-0.3, -0.25) is 0 Å². The van der Waals surface area contributed by atoms with Gasteiger partial charge in [0, 0.05) is 0 Å². The molecule has 0 radical (unpaired) electrons. The van der Waals surface area contributed by atoms with Crippen LogP contribution in [0.15, 0.2) is 18.2 Å². The molecule has 1 aromatic rings. The first-order chi connectivity index (χ1) is 8.40. The molecule has 4 heteroatoms. The van der Waals surface area contributed by atoms with Crippen molar-refractivity contribution in [3.05, 3.63) is 29.3 Å². The zero-order valence-corrected chi connectivity index (χ0v) is 11.3. The number of rotatable bonds is 5. The van der Waals surface area contributed by atoms with Crippen LogP contribution in [-0.2, 0) is 9.53 Å². The van der Waals surface area contributed by atoms with Gasteiger partial charge in [0.05, 0.1) is 12.2 Å². The van der Waals surface area contributed by atoms with E-state index in [1.54, 1.807) is 32.9 Å². The maximum Gasteiger partial charge on any atom is 0.344 e. The van der Waals surface area contributed by atoms with Crippen LogP contribution in [0.2, 0.25) is 0 Å². The van der Waals surface area contributed by atoms with Crippen LogP contribution in [0.3, 0.4) is 0 Å². The van der Waals surface area contributed by atoms with Crippen molar-refractivity contribution in [1.82, 2.24) is 0 Å². The second-order valence-electron chi connectivity index (χ2n) is 4.53. The number of carbonyl (C=O) groups is 1. The number of hydrogen-bond acceptors (Lipinski definition) is 4. The van der Waals surface area contributed by atoms with Gasteiger partial charge in [-0.25, -0.2) is 4.79 Å². The molecule has 18 heavy (non-hydrogen) atoms. The van der Waals surface area contributed by atoms with E-state index in [0.29, 0.717) is 5.75 Å². The first-order valence-corrected chi connectivity index (χ1v) is 6.01. The molecule has 0 fully saturated rings. The third-order valence-electron chi connectivity index (χ3n) is 2.39. The first-order valence-electron chi connectivity index (χ1n) is 6.01.